The number of ether oxygens (including phenoxy) is 1. The molecule has 0 saturated carbocycles. The minimum atomic E-state index is 0.204. The van der Waals surface area contributed by atoms with E-state index in [0.717, 1.165) is 5.56 Å². The molecule has 0 saturated heterocycles. The summed E-state index contributed by atoms with van der Waals surface area (Å²) in [5, 5.41) is 1.39. The topological polar surface area (TPSA) is 9.23 Å². The summed E-state index contributed by atoms with van der Waals surface area (Å²) in [6, 6.07) is 5.37. The Hall–Kier alpha value is -0.240. The Labute approximate surface area is 88.6 Å². The van der Waals surface area contributed by atoms with Gasteiger partial charge < -0.3 is 4.74 Å². The lowest BCUT2D eigenvalue weighted by Gasteiger charge is -2.08. The Balaban J connectivity index is 2.70. The van der Waals surface area contributed by atoms with Gasteiger partial charge in [-0.05, 0) is 37.6 Å². The maximum absolute atomic E-state index is 5.94. The van der Waals surface area contributed by atoms with Crippen LogP contribution >= 0.6 is 23.2 Å². The van der Waals surface area contributed by atoms with Gasteiger partial charge in [0, 0.05) is 10.0 Å². The van der Waals surface area contributed by atoms with Gasteiger partial charge in [-0.2, -0.15) is 0 Å². The fourth-order valence-electron chi connectivity index (χ4n) is 0.910. The molecule has 0 spiro atoms. The fourth-order valence-corrected chi connectivity index (χ4v) is 1.28. The average molecular weight is 219 g/mol. The SMILES string of the molecule is CC(C)OCc1cc(Cl)ccc1Cl. The van der Waals surface area contributed by atoms with Crippen molar-refractivity contribution in [1.82, 2.24) is 0 Å². The zero-order valence-corrected chi connectivity index (χ0v) is 9.19. The maximum atomic E-state index is 5.94. The minimum absolute atomic E-state index is 0.204. The van der Waals surface area contributed by atoms with Crippen molar-refractivity contribution in [3.05, 3.63) is 33.8 Å². The molecule has 0 fully saturated rings. The van der Waals surface area contributed by atoms with Crippen LogP contribution in [0.5, 0.6) is 0 Å². The number of hydrogen-bond acceptors (Lipinski definition) is 1. The normalized spacial score (nSPS) is 10.8. The van der Waals surface area contributed by atoms with E-state index in [1.54, 1.807) is 12.1 Å². The molecule has 0 radical (unpaired) electrons. The first-order chi connectivity index (χ1) is 6.09. The molecule has 3 heteroatoms. The van der Waals surface area contributed by atoms with Crippen LogP contribution in [0.4, 0.5) is 0 Å². The van der Waals surface area contributed by atoms with Crippen molar-refractivity contribution in [3.63, 3.8) is 0 Å². The van der Waals surface area contributed by atoms with Crippen molar-refractivity contribution >= 4 is 23.2 Å². The van der Waals surface area contributed by atoms with Gasteiger partial charge >= 0.3 is 0 Å². The third kappa shape index (κ3) is 3.55. The molecule has 0 bridgehead atoms. The molecule has 13 heavy (non-hydrogen) atoms. The van der Waals surface area contributed by atoms with Crippen molar-refractivity contribution in [2.24, 2.45) is 0 Å². The molecule has 1 nitrogen and oxygen atoms in total. The summed E-state index contributed by atoms with van der Waals surface area (Å²) in [7, 11) is 0. The van der Waals surface area contributed by atoms with E-state index in [-0.39, 0.29) is 6.10 Å². The van der Waals surface area contributed by atoms with Gasteiger partial charge in [0.1, 0.15) is 0 Å². The lowest BCUT2D eigenvalue weighted by molar-refractivity contribution is 0.0657. The molecule has 0 amide bonds. The van der Waals surface area contributed by atoms with Crippen LogP contribution in [-0.4, -0.2) is 6.10 Å². The van der Waals surface area contributed by atoms with E-state index < -0.39 is 0 Å². The van der Waals surface area contributed by atoms with E-state index >= 15 is 0 Å². The van der Waals surface area contributed by atoms with E-state index in [9.17, 15) is 0 Å². The van der Waals surface area contributed by atoms with Gasteiger partial charge in [-0.3, -0.25) is 0 Å². The molecule has 0 aliphatic heterocycles. The number of benzene rings is 1. The second-order valence-corrected chi connectivity index (χ2v) is 3.94. The lowest BCUT2D eigenvalue weighted by atomic mass is 10.2. The first-order valence-corrected chi connectivity index (χ1v) is 4.90. The molecule has 1 aromatic rings. The van der Waals surface area contributed by atoms with Crippen molar-refractivity contribution < 1.29 is 4.74 Å². The predicted octanol–water partition coefficient (Wildman–Crippen LogP) is 3.92. The number of rotatable bonds is 3. The Morgan fingerprint density at radius 1 is 1.31 bits per heavy atom. The Kier molecular flexibility index (Phi) is 4.04. The first kappa shape index (κ1) is 10.8. The molecule has 0 heterocycles. The van der Waals surface area contributed by atoms with Crippen LogP contribution in [0.3, 0.4) is 0 Å². The Bertz CT molecular complexity index is 284. The molecule has 0 aliphatic rings. The largest absolute Gasteiger partial charge is 0.374 e. The van der Waals surface area contributed by atoms with Gasteiger partial charge in [-0.1, -0.05) is 23.2 Å². The Morgan fingerprint density at radius 3 is 2.62 bits per heavy atom. The second-order valence-electron chi connectivity index (χ2n) is 3.10. The molecule has 0 aliphatic carbocycles. The van der Waals surface area contributed by atoms with Gasteiger partial charge in [0.15, 0.2) is 0 Å². The molecule has 1 rings (SSSR count). The van der Waals surface area contributed by atoms with Crippen LogP contribution in [0, 0.1) is 0 Å². The summed E-state index contributed by atoms with van der Waals surface area (Å²) in [4.78, 5) is 0. The summed E-state index contributed by atoms with van der Waals surface area (Å²) < 4.78 is 5.42. The smallest absolute Gasteiger partial charge is 0.0735 e. The Morgan fingerprint density at radius 2 is 2.00 bits per heavy atom. The minimum Gasteiger partial charge on any atom is -0.374 e. The molecular formula is C10H12Cl2O. The highest BCUT2D eigenvalue weighted by Crippen LogP contribution is 2.21. The number of hydrogen-bond donors (Lipinski definition) is 0. The quantitative estimate of drug-likeness (QED) is 0.748. The predicted molar refractivity (Wildman–Crippen MR) is 56.4 cm³/mol. The van der Waals surface area contributed by atoms with Crippen molar-refractivity contribution in [2.75, 3.05) is 0 Å². The molecular weight excluding hydrogens is 207 g/mol. The molecule has 1 aromatic carbocycles. The third-order valence-electron chi connectivity index (χ3n) is 1.58. The van der Waals surface area contributed by atoms with Crippen molar-refractivity contribution in [3.8, 4) is 0 Å². The highest BCUT2D eigenvalue weighted by molar-refractivity contribution is 6.33. The second kappa shape index (κ2) is 4.85. The third-order valence-corrected chi connectivity index (χ3v) is 2.18. The highest BCUT2D eigenvalue weighted by Gasteiger charge is 2.02. The van der Waals surface area contributed by atoms with Crippen LogP contribution in [0.2, 0.25) is 10.0 Å². The van der Waals surface area contributed by atoms with Crippen molar-refractivity contribution in [2.45, 2.75) is 26.6 Å². The van der Waals surface area contributed by atoms with Crippen LogP contribution < -0.4 is 0 Å². The van der Waals surface area contributed by atoms with Gasteiger partial charge in [0.25, 0.3) is 0 Å². The highest BCUT2D eigenvalue weighted by atomic mass is 35.5. The van der Waals surface area contributed by atoms with Crippen LogP contribution in [0.25, 0.3) is 0 Å². The van der Waals surface area contributed by atoms with Gasteiger partial charge in [0.05, 0.1) is 12.7 Å². The van der Waals surface area contributed by atoms with E-state index in [1.807, 2.05) is 19.9 Å². The van der Waals surface area contributed by atoms with Gasteiger partial charge in [0.2, 0.25) is 0 Å². The molecule has 72 valence electrons. The van der Waals surface area contributed by atoms with E-state index in [0.29, 0.717) is 16.7 Å². The lowest BCUT2D eigenvalue weighted by Crippen LogP contribution is -2.02. The van der Waals surface area contributed by atoms with Crippen LogP contribution in [-0.2, 0) is 11.3 Å². The zero-order chi connectivity index (χ0) is 9.84. The first-order valence-electron chi connectivity index (χ1n) is 4.15. The monoisotopic (exact) mass is 218 g/mol. The van der Waals surface area contributed by atoms with Crippen LogP contribution in [0.15, 0.2) is 18.2 Å². The molecule has 0 atom stereocenters. The summed E-state index contributed by atoms with van der Waals surface area (Å²) >= 11 is 11.8. The summed E-state index contributed by atoms with van der Waals surface area (Å²) in [6.45, 7) is 4.48. The van der Waals surface area contributed by atoms with Gasteiger partial charge in [-0.25, -0.2) is 0 Å². The fraction of sp³-hybridized carbons (Fsp3) is 0.400. The van der Waals surface area contributed by atoms with E-state index in [4.69, 9.17) is 27.9 Å². The summed E-state index contributed by atoms with van der Waals surface area (Å²) in [6.07, 6.45) is 0.204. The van der Waals surface area contributed by atoms with Crippen molar-refractivity contribution in [1.29, 1.82) is 0 Å². The summed E-state index contributed by atoms with van der Waals surface area (Å²) in [5.41, 5.74) is 0.933. The average Bonchev–Trinajstić information content (AvgIpc) is 2.06. The summed E-state index contributed by atoms with van der Waals surface area (Å²) in [5.74, 6) is 0. The van der Waals surface area contributed by atoms with Gasteiger partial charge in [-0.15, -0.1) is 0 Å². The molecule has 0 aromatic heterocycles. The maximum Gasteiger partial charge on any atom is 0.0735 e. The molecule has 0 N–H and O–H groups in total. The zero-order valence-electron chi connectivity index (χ0n) is 7.68. The number of halogens is 2. The van der Waals surface area contributed by atoms with E-state index in [2.05, 4.69) is 0 Å². The van der Waals surface area contributed by atoms with Crippen LogP contribution in [0.1, 0.15) is 19.4 Å². The van der Waals surface area contributed by atoms with E-state index in [1.165, 1.54) is 0 Å². The molecule has 0 unspecified atom stereocenters. The standard InChI is InChI=1S/C10H12Cl2O/c1-7(2)13-6-8-5-9(11)3-4-10(8)12/h3-5,7H,6H2,1-2H3.